The molecule has 1 aromatic rings. The molecule has 0 N–H and O–H groups in total. The van der Waals surface area contributed by atoms with Crippen LogP contribution in [0.4, 0.5) is 0 Å². The van der Waals surface area contributed by atoms with Crippen molar-refractivity contribution in [3.8, 4) is 0 Å². The zero-order valence-electron chi connectivity index (χ0n) is 9.91. The molecule has 86 valence electrons. The van der Waals surface area contributed by atoms with Gasteiger partial charge in [-0.05, 0) is 25.4 Å². The fraction of sp³-hybridized carbons (Fsp3) is 0.800. The quantitative estimate of drug-likeness (QED) is 0.799. The molecule has 1 rings (SSSR count). The van der Waals surface area contributed by atoms with Crippen LogP contribution in [0.5, 0.6) is 0 Å². The topological polar surface area (TPSA) is 39.9 Å². The van der Waals surface area contributed by atoms with Gasteiger partial charge in [0.15, 0.2) is 0 Å². The largest absolute Gasteiger partial charge is 0.377 e. The molecule has 5 heteroatoms. The molecule has 0 aromatic carbocycles. The van der Waals surface area contributed by atoms with E-state index in [1.807, 2.05) is 18.4 Å². The maximum Gasteiger partial charge on any atom is 0.225 e. The molecule has 1 heterocycles. The number of aromatic nitrogens is 3. The lowest BCUT2D eigenvalue weighted by Crippen LogP contribution is -2.30. The predicted octanol–water partition coefficient (Wildman–Crippen LogP) is 2.48. The van der Waals surface area contributed by atoms with Gasteiger partial charge in [-0.1, -0.05) is 13.8 Å². The van der Waals surface area contributed by atoms with Gasteiger partial charge in [0.2, 0.25) is 5.28 Å². The monoisotopic (exact) mass is 231 g/mol. The third-order valence-electron chi connectivity index (χ3n) is 2.34. The van der Waals surface area contributed by atoms with E-state index in [0.29, 0.717) is 17.7 Å². The number of hydrogen-bond acceptors (Lipinski definition) is 3. The minimum absolute atomic E-state index is 0.268. The van der Waals surface area contributed by atoms with E-state index in [1.54, 1.807) is 7.11 Å². The Labute approximate surface area is 95.6 Å². The van der Waals surface area contributed by atoms with Gasteiger partial charge in [0, 0.05) is 13.0 Å². The van der Waals surface area contributed by atoms with E-state index in [9.17, 15) is 0 Å². The zero-order chi connectivity index (χ0) is 11.6. The summed E-state index contributed by atoms with van der Waals surface area (Å²) in [4.78, 5) is 0. The van der Waals surface area contributed by atoms with E-state index < -0.39 is 0 Å². The Morgan fingerprint density at radius 1 is 1.40 bits per heavy atom. The Balaban J connectivity index is 2.98. The van der Waals surface area contributed by atoms with Gasteiger partial charge >= 0.3 is 0 Å². The van der Waals surface area contributed by atoms with Crippen LogP contribution < -0.4 is 0 Å². The van der Waals surface area contributed by atoms with Crippen molar-refractivity contribution in [2.75, 3.05) is 7.11 Å². The molecule has 0 bridgehead atoms. The molecule has 0 radical (unpaired) electrons. The lowest BCUT2D eigenvalue weighted by molar-refractivity contribution is 0.00739. The molecule has 0 aliphatic rings. The van der Waals surface area contributed by atoms with Gasteiger partial charge in [-0.15, -0.1) is 10.2 Å². The summed E-state index contributed by atoms with van der Waals surface area (Å²) >= 11 is 5.99. The Bertz CT molecular complexity index is 333. The highest BCUT2D eigenvalue weighted by Gasteiger charge is 2.22. The maximum atomic E-state index is 5.99. The number of hydrogen-bond donors (Lipinski definition) is 0. The Morgan fingerprint density at radius 3 is 2.47 bits per heavy atom. The first-order valence-electron chi connectivity index (χ1n) is 5.01. The molecule has 0 spiro atoms. The van der Waals surface area contributed by atoms with E-state index >= 15 is 0 Å². The van der Waals surface area contributed by atoms with Crippen LogP contribution in [-0.2, 0) is 11.3 Å². The van der Waals surface area contributed by atoms with Crippen LogP contribution in [0.25, 0.3) is 0 Å². The van der Waals surface area contributed by atoms with Crippen LogP contribution in [0.2, 0.25) is 5.28 Å². The standard InChI is InChI=1S/C10H18ClN3O/c1-7(2)8-12-13-9(11)14(8)6-10(3,4)15-5/h7H,6H2,1-5H3. The third kappa shape index (κ3) is 2.92. The van der Waals surface area contributed by atoms with Crippen molar-refractivity contribution >= 4 is 11.6 Å². The zero-order valence-corrected chi connectivity index (χ0v) is 10.7. The molecule has 0 fully saturated rings. The molecular weight excluding hydrogens is 214 g/mol. The molecule has 0 amide bonds. The first-order chi connectivity index (χ1) is 6.87. The highest BCUT2D eigenvalue weighted by molar-refractivity contribution is 6.28. The second-order valence-corrected chi connectivity index (χ2v) is 4.87. The summed E-state index contributed by atoms with van der Waals surface area (Å²) in [7, 11) is 1.69. The Hall–Kier alpha value is -0.610. The van der Waals surface area contributed by atoms with Crippen LogP contribution in [-0.4, -0.2) is 27.5 Å². The molecule has 0 saturated carbocycles. The van der Waals surface area contributed by atoms with Crippen molar-refractivity contribution in [2.45, 2.75) is 45.8 Å². The molecule has 1 aromatic heterocycles. The van der Waals surface area contributed by atoms with Gasteiger partial charge in [0.25, 0.3) is 0 Å². The molecule has 0 saturated heterocycles. The normalized spacial score (nSPS) is 12.5. The lowest BCUT2D eigenvalue weighted by Gasteiger charge is -2.24. The fourth-order valence-corrected chi connectivity index (χ4v) is 1.50. The van der Waals surface area contributed by atoms with Gasteiger partial charge in [-0.25, -0.2) is 0 Å². The molecule has 0 aliphatic carbocycles. The summed E-state index contributed by atoms with van der Waals surface area (Å²) in [6.45, 7) is 8.80. The second-order valence-electron chi connectivity index (χ2n) is 4.53. The minimum atomic E-state index is -0.268. The van der Waals surface area contributed by atoms with Crippen LogP contribution in [0.1, 0.15) is 39.4 Å². The van der Waals surface area contributed by atoms with Crippen molar-refractivity contribution < 1.29 is 4.74 Å². The highest BCUT2D eigenvalue weighted by Crippen LogP contribution is 2.20. The van der Waals surface area contributed by atoms with E-state index in [1.165, 1.54) is 0 Å². The van der Waals surface area contributed by atoms with Gasteiger partial charge in [0.05, 0.1) is 12.1 Å². The van der Waals surface area contributed by atoms with Crippen molar-refractivity contribution in [1.82, 2.24) is 14.8 Å². The summed E-state index contributed by atoms with van der Waals surface area (Å²) in [5.41, 5.74) is -0.268. The third-order valence-corrected chi connectivity index (χ3v) is 2.62. The van der Waals surface area contributed by atoms with Crippen LogP contribution in [0.3, 0.4) is 0 Å². The molecule has 0 aliphatic heterocycles. The number of methoxy groups -OCH3 is 1. The predicted molar refractivity (Wildman–Crippen MR) is 60.2 cm³/mol. The maximum absolute atomic E-state index is 5.99. The summed E-state index contributed by atoms with van der Waals surface area (Å²) in [5.74, 6) is 1.20. The summed E-state index contributed by atoms with van der Waals surface area (Å²) in [5, 5.41) is 8.36. The second kappa shape index (κ2) is 4.49. The number of ether oxygens (including phenoxy) is 1. The number of halogens is 1. The SMILES string of the molecule is COC(C)(C)Cn1c(Cl)nnc1C(C)C. The van der Waals surface area contributed by atoms with Gasteiger partial charge in [-0.2, -0.15) is 0 Å². The van der Waals surface area contributed by atoms with E-state index in [-0.39, 0.29) is 5.60 Å². The van der Waals surface area contributed by atoms with Crippen molar-refractivity contribution in [3.63, 3.8) is 0 Å². The Kier molecular flexibility index (Phi) is 3.73. The van der Waals surface area contributed by atoms with Gasteiger partial charge in [0.1, 0.15) is 5.82 Å². The Morgan fingerprint density at radius 2 is 2.00 bits per heavy atom. The average molecular weight is 232 g/mol. The van der Waals surface area contributed by atoms with Crippen LogP contribution in [0, 0.1) is 0 Å². The number of rotatable bonds is 4. The van der Waals surface area contributed by atoms with E-state index in [2.05, 4.69) is 24.0 Å². The summed E-state index contributed by atoms with van der Waals surface area (Å²) < 4.78 is 7.26. The first kappa shape index (κ1) is 12.5. The van der Waals surface area contributed by atoms with Gasteiger partial charge < -0.3 is 4.74 Å². The minimum Gasteiger partial charge on any atom is -0.377 e. The fourth-order valence-electron chi connectivity index (χ4n) is 1.31. The van der Waals surface area contributed by atoms with Crippen molar-refractivity contribution in [2.24, 2.45) is 0 Å². The van der Waals surface area contributed by atoms with Crippen LogP contribution >= 0.6 is 11.6 Å². The summed E-state index contributed by atoms with van der Waals surface area (Å²) in [6.07, 6.45) is 0. The first-order valence-corrected chi connectivity index (χ1v) is 5.39. The average Bonchev–Trinajstić information content (AvgIpc) is 2.48. The van der Waals surface area contributed by atoms with Crippen molar-refractivity contribution in [1.29, 1.82) is 0 Å². The van der Waals surface area contributed by atoms with E-state index in [4.69, 9.17) is 16.3 Å². The summed E-state index contributed by atoms with van der Waals surface area (Å²) in [6, 6.07) is 0. The molecular formula is C10H18ClN3O. The molecule has 0 atom stereocenters. The van der Waals surface area contributed by atoms with Crippen LogP contribution in [0.15, 0.2) is 0 Å². The lowest BCUT2D eigenvalue weighted by atomic mass is 10.1. The molecule has 0 unspecified atom stereocenters. The smallest absolute Gasteiger partial charge is 0.225 e. The van der Waals surface area contributed by atoms with Crippen molar-refractivity contribution in [3.05, 3.63) is 11.1 Å². The highest BCUT2D eigenvalue weighted by atomic mass is 35.5. The number of nitrogens with zero attached hydrogens (tertiary/aromatic N) is 3. The van der Waals surface area contributed by atoms with Gasteiger partial charge in [-0.3, -0.25) is 4.57 Å². The van der Waals surface area contributed by atoms with E-state index in [0.717, 1.165) is 5.82 Å². The molecule has 15 heavy (non-hydrogen) atoms. The molecule has 4 nitrogen and oxygen atoms in total.